The van der Waals surface area contributed by atoms with Crippen LogP contribution in [-0.4, -0.2) is 43.0 Å². The van der Waals surface area contributed by atoms with Gasteiger partial charge in [0.25, 0.3) is 5.91 Å². The zero-order valence-corrected chi connectivity index (χ0v) is 13.1. The lowest BCUT2D eigenvalue weighted by Crippen LogP contribution is -2.32. The second-order valence-corrected chi connectivity index (χ2v) is 5.77. The van der Waals surface area contributed by atoms with E-state index in [9.17, 15) is 9.18 Å². The molecule has 1 heterocycles. The highest BCUT2D eigenvalue weighted by Gasteiger charge is 2.19. The Balaban J connectivity index is 2.22. The largest absolute Gasteiger partial charge is 0.340 e. The zero-order chi connectivity index (χ0) is 15.4. The Kier molecular flexibility index (Phi) is 5.03. The predicted molar refractivity (Wildman–Crippen MR) is 83.1 cm³/mol. The van der Waals surface area contributed by atoms with Crippen molar-refractivity contribution in [1.29, 1.82) is 0 Å². The van der Waals surface area contributed by atoms with Crippen molar-refractivity contribution in [1.82, 2.24) is 15.2 Å². The van der Waals surface area contributed by atoms with E-state index in [0.717, 1.165) is 17.1 Å². The molecule has 0 aliphatic carbocycles. The van der Waals surface area contributed by atoms with Crippen LogP contribution in [0.5, 0.6) is 0 Å². The fourth-order valence-electron chi connectivity index (χ4n) is 1.87. The Morgan fingerprint density at radius 1 is 1.38 bits per heavy atom. The number of hydrogen-bond donors (Lipinski definition) is 1. The van der Waals surface area contributed by atoms with E-state index in [1.54, 1.807) is 24.1 Å². The second-order valence-electron chi connectivity index (χ2n) is 4.77. The molecule has 1 aromatic carbocycles. The Morgan fingerprint density at radius 2 is 2.05 bits per heavy atom. The molecule has 0 saturated carbocycles. The number of hydrogen-bond acceptors (Lipinski definition) is 4. The molecule has 1 N–H and O–H groups in total. The molecule has 6 heteroatoms. The summed E-state index contributed by atoms with van der Waals surface area (Å²) in [5.41, 5.74) is 1.53. The van der Waals surface area contributed by atoms with Crippen molar-refractivity contribution in [2.75, 3.05) is 27.2 Å². The summed E-state index contributed by atoms with van der Waals surface area (Å²) in [6, 6.07) is 6.14. The third-order valence-corrected chi connectivity index (χ3v) is 4.32. The number of benzene rings is 1. The minimum atomic E-state index is -0.282. The first-order valence-electron chi connectivity index (χ1n) is 6.66. The van der Waals surface area contributed by atoms with Gasteiger partial charge in [-0.2, -0.15) is 0 Å². The molecule has 4 nitrogen and oxygen atoms in total. The molecular weight excluding hydrogens is 289 g/mol. The number of aryl methyl sites for hydroxylation is 1. The first-order valence-corrected chi connectivity index (χ1v) is 7.48. The molecule has 0 unspecified atom stereocenters. The molecule has 0 bridgehead atoms. The molecule has 0 spiro atoms. The fourth-order valence-corrected chi connectivity index (χ4v) is 2.93. The van der Waals surface area contributed by atoms with Crippen molar-refractivity contribution in [2.45, 2.75) is 6.92 Å². The van der Waals surface area contributed by atoms with E-state index in [2.05, 4.69) is 10.3 Å². The highest BCUT2D eigenvalue weighted by molar-refractivity contribution is 7.17. The topological polar surface area (TPSA) is 45.2 Å². The van der Waals surface area contributed by atoms with Gasteiger partial charge in [-0.3, -0.25) is 4.79 Å². The molecular formula is C15H18FN3OS. The summed E-state index contributed by atoms with van der Waals surface area (Å²) >= 11 is 1.34. The molecule has 0 fully saturated rings. The normalized spacial score (nSPS) is 10.7. The van der Waals surface area contributed by atoms with Crippen LogP contribution in [0.25, 0.3) is 10.6 Å². The standard InChI is InChI=1S/C15H18FN3OS/c1-10-13(15(20)19(3)9-8-17-2)21-14(18-10)11-4-6-12(16)7-5-11/h4-7,17H,8-9H2,1-3H3. The highest BCUT2D eigenvalue weighted by Crippen LogP contribution is 2.28. The maximum Gasteiger partial charge on any atom is 0.265 e. The van der Waals surface area contributed by atoms with Gasteiger partial charge in [0.2, 0.25) is 0 Å². The number of halogens is 1. The van der Waals surface area contributed by atoms with E-state index in [4.69, 9.17) is 0 Å². The van der Waals surface area contributed by atoms with Crippen LogP contribution < -0.4 is 5.32 Å². The summed E-state index contributed by atoms with van der Waals surface area (Å²) < 4.78 is 13.0. The van der Waals surface area contributed by atoms with Gasteiger partial charge in [0, 0.05) is 25.7 Å². The fraction of sp³-hybridized carbons (Fsp3) is 0.333. The van der Waals surface area contributed by atoms with Crippen LogP contribution >= 0.6 is 11.3 Å². The monoisotopic (exact) mass is 307 g/mol. The van der Waals surface area contributed by atoms with Gasteiger partial charge in [-0.15, -0.1) is 11.3 Å². The second kappa shape index (κ2) is 6.78. The van der Waals surface area contributed by atoms with Crippen LogP contribution in [0.3, 0.4) is 0 Å². The molecule has 0 saturated heterocycles. The number of carbonyl (C=O) groups is 1. The Labute approximate surface area is 127 Å². The van der Waals surface area contributed by atoms with E-state index in [0.29, 0.717) is 17.1 Å². The van der Waals surface area contributed by atoms with E-state index in [1.807, 2.05) is 14.0 Å². The van der Waals surface area contributed by atoms with Gasteiger partial charge < -0.3 is 10.2 Å². The molecule has 1 amide bonds. The minimum absolute atomic E-state index is 0.0337. The minimum Gasteiger partial charge on any atom is -0.340 e. The SMILES string of the molecule is CNCCN(C)C(=O)c1sc(-c2ccc(F)cc2)nc1C. The first-order chi connectivity index (χ1) is 10.0. The van der Waals surface area contributed by atoms with Crippen molar-refractivity contribution in [3.8, 4) is 10.6 Å². The lowest BCUT2D eigenvalue weighted by atomic mass is 10.2. The Bertz CT molecular complexity index is 624. The number of rotatable bonds is 5. The summed E-state index contributed by atoms with van der Waals surface area (Å²) in [6.45, 7) is 3.20. The third-order valence-electron chi connectivity index (χ3n) is 3.13. The van der Waals surface area contributed by atoms with Crippen molar-refractivity contribution >= 4 is 17.2 Å². The summed E-state index contributed by atoms with van der Waals surface area (Å²) in [7, 11) is 3.62. The molecule has 112 valence electrons. The summed E-state index contributed by atoms with van der Waals surface area (Å²) in [5.74, 6) is -0.316. The molecule has 0 radical (unpaired) electrons. The predicted octanol–water partition coefficient (Wildman–Crippen LogP) is 2.55. The van der Waals surface area contributed by atoms with Crippen LogP contribution in [-0.2, 0) is 0 Å². The van der Waals surface area contributed by atoms with Crippen molar-refractivity contribution in [2.24, 2.45) is 0 Å². The first kappa shape index (κ1) is 15.6. The number of carbonyl (C=O) groups excluding carboxylic acids is 1. The number of nitrogens with zero attached hydrogens (tertiary/aromatic N) is 2. The number of amides is 1. The molecule has 2 aromatic rings. The summed E-state index contributed by atoms with van der Waals surface area (Å²) in [4.78, 5) is 19.1. The highest BCUT2D eigenvalue weighted by atomic mass is 32.1. The lowest BCUT2D eigenvalue weighted by molar-refractivity contribution is 0.0800. The van der Waals surface area contributed by atoms with E-state index in [-0.39, 0.29) is 11.7 Å². The van der Waals surface area contributed by atoms with Gasteiger partial charge >= 0.3 is 0 Å². The van der Waals surface area contributed by atoms with Gasteiger partial charge in [0.05, 0.1) is 5.69 Å². The quantitative estimate of drug-likeness (QED) is 0.923. The van der Waals surface area contributed by atoms with Gasteiger partial charge in [-0.05, 0) is 38.2 Å². The summed E-state index contributed by atoms with van der Waals surface area (Å²) in [5, 5.41) is 3.75. The maximum atomic E-state index is 13.0. The number of aromatic nitrogens is 1. The number of likely N-dealkylation sites (N-methyl/N-ethyl adjacent to an activating group) is 2. The molecule has 1 aromatic heterocycles. The van der Waals surface area contributed by atoms with Crippen molar-refractivity contribution in [3.63, 3.8) is 0 Å². The maximum absolute atomic E-state index is 13.0. The number of nitrogens with one attached hydrogen (secondary N) is 1. The van der Waals surface area contributed by atoms with E-state index >= 15 is 0 Å². The average molecular weight is 307 g/mol. The van der Waals surface area contributed by atoms with Gasteiger partial charge in [-0.1, -0.05) is 0 Å². The van der Waals surface area contributed by atoms with Crippen LogP contribution in [0.1, 0.15) is 15.4 Å². The summed E-state index contributed by atoms with van der Waals surface area (Å²) in [6.07, 6.45) is 0. The average Bonchev–Trinajstić information content (AvgIpc) is 2.86. The van der Waals surface area contributed by atoms with E-state index in [1.165, 1.54) is 23.5 Å². The zero-order valence-electron chi connectivity index (χ0n) is 12.3. The Morgan fingerprint density at radius 3 is 2.67 bits per heavy atom. The lowest BCUT2D eigenvalue weighted by Gasteiger charge is -2.15. The Hall–Kier alpha value is -1.79. The third kappa shape index (κ3) is 3.65. The van der Waals surface area contributed by atoms with Crippen molar-refractivity contribution < 1.29 is 9.18 Å². The van der Waals surface area contributed by atoms with Gasteiger partial charge in [0.1, 0.15) is 15.7 Å². The van der Waals surface area contributed by atoms with E-state index < -0.39 is 0 Å². The molecule has 21 heavy (non-hydrogen) atoms. The molecule has 2 rings (SSSR count). The molecule has 0 aliphatic heterocycles. The smallest absolute Gasteiger partial charge is 0.265 e. The molecule has 0 atom stereocenters. The van der Waals surface area contributed by atoms with Crippen LogP contribution in [0, 0.1) is 12.7 Å². The van der Waals surface area contributed by atoms with Gasteiger partial charge in [0.15, 0.2) is 0 Å². The van der Waals surface area contributed by atoms with Gasteiger partial charge in [-0.25, -0.2) is 9.37 Å². The number of thiazole rings is 1. The van der Waals surface area contributed by atoms with Crippen LogP contribution in [0.2, 0.25) is 0 Å². The molecule has 0 aliphatic rings. The van der Waals surface area contributed by atoms with Crippen molar-refractivity contribution in [3.05, 3.63) is 40.7 Å². The van der Waals surface area contributed by atoms with Crippen LogP contribution in [0.15, 0.2) is 24.3 Å². The van der Waals surface area contributed by atoms with Crippen LogP contribution in [0.4, 0.5) is 4.39 Å².